The van der Waals surface area contributed by atoms with Gasteiger partial charge in [-0.1, -0.05) is 31.1 Å². The fourth-order valence-corrected chi connectivity index (χ4v) is 1.46. The highest BCUT2D eigenvalue weighted by Crippen LogP contribution is 2.08. The molecule has 0 bridgehead atoms. The molecule has 0 unspecified atom stereocenters. The summed E-state index contributed by atoms with van der Waals surface area (Å²) in [5.74, 6) is 0.253. The van der Waals surface area contributed by atoms with E-state index in [1.165, 1.54) is 0 Å². The molecule has 0 aliphatic rings. The molecule has 2 heteroatoms. The van der Waals surface area contributed by atoms with Crippen molar-refractivity contribution >= 4 is 5.78 Å². The molecule has 0 rings (SSSR count). The number of nitrogens with two attached hydrogens (primary N) is 1. The summed E-state index contributed by atoms with van der Waals surface area (Å²) in [6, 6.07) is 0. The van der Waals surface area contributed by atoms with Crippen molar-refractivity contribution in [2.75, 3.05) is 6.54 Å². The number of allylic oxidation sites excluding steroid dienone is 4. The van der Waals surface area contributed by atoms with E-state index in [-0.39, 0.29) is 5.78 Å². The van der Waals surface area contributed by atoms with Crippen LogP contribution in [0.2, 0.25) is 0 Å². The lowest BCUT2D eigenvalue weighted by molar-refractivity contribution is -0.115. The summed E-state index contributed by atoms with van der Waals surface area (Å²) < 4.78 is 0. The zero-order chi connectivity index (χ0) is 11.5. The van der Waals surface area contributed by atoms with Gasteiger partial charge < -0.3 is 5.73 Å². The van der Waals surface area contributed by atoms with Crippen molar-refractivity contribution in [1.29, 1.82) is 0 Å². The predicted octanol–water partition coefficient (Wildman–Crippen LogP) is 2.99. The summed E-state index contributed by atoms with van der Waals surface area (Å²) >= 11 is 0. The van der Waals surface area contributed by atoms with Gasteiger partial charge in [-0.25, -0.2) is 0 Å². The maximum absolute atomic E-state index is 11.7. The average molecular weight is 209 g/mol. The van der Waals surface area contributed by atoms with Gasteiger partial charge in [0.25, 0.3) is 0 Å². The highest BCUT2D eigenvalue weighted by Gasteiger charge is 2.04. The number of ketones is 1. The fraction of sp³-hybridized carbons (Fsp3) is 0.615. The van der Waals surface area contributed by atoms with E-state index in [4.69, 9.17) is 5.73 Å². The SMILES string of the molecule is C/C=C\C(=C/C)C(=O)CCCCCCN. The Balaban J connectivity index is 3.73. The molecule has 0 saturated carbocycles. The first-order valence-corrected chi connectivity index (χ1v) is 5.78. The second-order valence-corrected chi connectivity index (χ2v) is 3.62. The van der Waals surface area contributed by atoms with Gasteiger partial charge in [0.1, 0.15) is 0 Å². The minimum absolute atomic E-state index is 0.253. The van der Waals surface area contributed by atoms with E-state index in [1.54, 1.807) is 0 Å². The summed E-state index contributed by atoms with van der Waals surface area (Å²) in [5.41, 5.74) is 6.22. The first-order valence-electron chi connectivity index (χ1n) is 5.78. The summed E-state index contributed by atoms with van der Waals surface area (Å²) in [6.45, 7) is 4.59. The first kappa shape index (κ1) is 14.1. The van der Waals surface area contributed by atoms with E-state index >= 15 is 0 Å². The van der Waals surface area contributed by atoms with Crippen molar-refractivity contribution < 1.29 is 4.79 Å². The normalized spacial score (nSPS) is 12.3. The predicted molar refractivity (Wildman–Crippen MR) is 65.7 cm³/mol. The van der Waals surface area contributed by atoms with Crippen molar-refractivity contribution in [2.24, 2.45) is 5.73 Å². The third-order valence-corrected chi connectivity index (χ3v) is 2.34. The molecule has 86 valence electrons. The van der Waals surface area contributed by atoms with Crippen molar-refractivity contribution in [3.63, 3.8) is 0 Å². The monoisotopic (exact) mass is 209 g/mol. The number of hydrogen-bond donors (Lipinski definition) is 1. The van der Waals surface area contributed by atoms with Crippen molar-refractivity contribution in [1.82, 2.24) is 0 Å². The summed E-state index contributed by atoms with van der Waals surface area (Å²) in [4.78, 5) is 11.7. The van der Waals surface area contributed by atoms with E-state index in [0.717, 1.165) is 37.8 Å². The average Bonchev–Trinajstić information content (AvgIpc) is 2.25. The van der Waals surface area contributed by atoms with E-state index in [0.29, 0.717) is 6.42 Å². The van der Waals surface area contributed by atoms with Gasteiger partial charge in [0.05, 0.1) is 0 Å². The van der Waals surface area contributed by atoms with Crippen molar-refractivity contribution in [3.8, 4) is 0 Å². The first-order chi connectivity index (χ1) is 7.26. The zero-order valence-electron chi connectivity index (χ0n) is 9.96. The molecule has 0 heterocycles. The van der Waals surface area contributed by atoms with Crippen LogP contribution in [0.25, 0.3) is 0 Å². The van der Waals surface area contributed by atoms with Crippen LogP contribution >= 0.6 is 0 Å². The molecule has 0 aromatic heterocycles. The molecule has 15 heavy (non-hydrogen) atoms. The van der Waals surface area contributed by atoms with E-state index < -0.39 is 0 Å². The number of rotatable bonds is 8. The van der Waals surface area contributed by atoms with E-state index in [9.17, 15) is 4.79 Å². The third kappa shape index (κ3) is 7.09. The Morgan fingerprint density at radius 2 is 1.80 bits per heavy atom. The molecule has 0 aliphatic heterocycles. The van der Waals surface area contributed by atoms with Crippen LogP contribution in [-0.4, -0.2) is 12.3 Å². The molecule has 0 aliphatic carbocycles. The maximum Gasteiger partial charge on any atom is 0.162 e. The van der Waals surface area contributed by atoms with Gasteiger partial charge in [-0.3, -0.25) is 4.79 Å². The highest BCUT2D eigenvalue weighted by atomic mass is 16.1. The number of unbranched alkanes of at least 4 members (excludes halogenated alkanes) is 3. The minimum atomic E-state index is 0.253. The molecular weight excluding hydrogens is 186 g/mol. The second-order valence-electron chi connectivity index (χ2n) is 3.62. The Morgan fingerprint density at radius 3 is 2.33 bits per heavy atom. The molecule has 2 N–H and O–H groups in total. The summed E-state index contributed by atoms with van der Waals surface area (Å²) in [7, 11) is 0. The van der Waals surface area contributed by atoms with Gasteiger partial charge in [-0.2, -0.15) is 0 Å². The summed E-state index contributed by atoms with van der Waals surface area (Å²) in [6.07, 6.45) is 10.6. The molecule has 0 radical (unpaired) electrons. The quantitative estimate of drug-likeness (QED) is 0.379. The largest absolute Gasteiger partial charge is 0.330 e. The van der Waals surface area contributed by atoms with Crippen LogP contribution in [0.1, 0.15) is 46.0 Å². The van der Waals surface area contributed by atoms with Gasteiger partial charge in [-0.05, 0) is 33.2 Å². The van der Waals surface area contributed by atoms with Crippen LogP contribution in [0.3, 0.4) is 0 Å². The fourth-order valence-electron chi connectivity index (χ4n) is 1.46. The van der Waals surface area contributed by atoms with Crippen molar-refractivity contribution in [3.05, 3.63) is 23.8 Å². The Kier molecular flexibility index (Phi) is 9.08. The van der Waals surface area contributed by atoms with Gasteiger partial charge in [0.15, 0.2) is 5.78 Å². The molecule has 0 amide bonds. The molecule has 0 saturated heterocycles. The van der Waals surface area contributed by atoms with E-state index in [1.807, 2.05) is 32.1 Å². The molecule has 0 aromatic rings. The van der Waals surface area contributed by atoms with Crippen LogP contribution in [0, 0.1) is 0 Å². The molecule has 0 aromatic carbocycles. The lowest BCUT2D eigenvalue weighted by atomic mass is 10.0. The van der Waals surface area contributed by atoms with Crippen LogP contribution in [0.15, 0.2) is 23.8 Å². The maximum atomic E-state index is 11.7. The van der Waals surface area contributed by atoms with Crippen molar-refractivity contribution in [2.45, 2.75) is 46.0 Å². The number of carbonyl (C=O) groups is 1. The smallest absolute Gasteiger partial charge is 0.162 e. The lowest BCUT2D eigenvalue weighted by Crippen LogP contribution is -2.01. The molecule has 0 atom stereocenters. The van der Waals surface area contributed by atoms with Gasteiger partial charge in [0, 0.05) is 12.0 Å². The highest BCUT2D eigenvalue weighted by molar-refractivity contribution is 5.97. The molecule has 2 nitrogen and oxygen atoms in total. The topological polar surface area (TPSA) is 43.1 Å². The zero-order valence-corrected chi connectivity index (χ0v) is 9.96. The van der Waals surface area contributed by atoms with Crippen LogP contribution in [0.4, 0.5) is 0 Å². The summed E-state index contributed by atoms with van der Waals surface area (Å²) in [5, 5.41) is 0. The van der Waals surface area contributed by atoms with Gasteiger partial charge in [-0.15, -0.1) is 0 Å². The molecule has 0 spiro atoms. The Bertz CT molecular complexity index is 229. The molecule has 0 fully saturated rings. The Labute approximate surface area is 93.2 Å². The standard InChI is InChI=1S/C13H23NO/c1-3-9-12(4-2)13(15)10-7-5-6-8-11-14/h3-4,9H,5-8,10-11,14H2,1-2H3/b9-3-,12-4+. The Hall–Kier alpha value is -0.890. The Morgan fingerprint density at radius 1 is 1.13 bits per heavy atom. The van der Waals surface area contributed by atoms with Crippen LogP contribution < -0.4 is 5.73 Å². The van der Waals surface area contributed by atoms with Gasteiger partial charge >= 0.3 is 0 Å². The van der Waals surface area contributed by atoms with E-state index in [2.05, 4.69) is 0 Å². The number of hydrogen-bond acceptors (Lipinski definition) is 2. The van der Waals surface area contributed by atoms with Crippen LogP contribution in [0.5, 0.6) is 0 Å². The number of carbonyl (C=O) groups excluding carboxylic acids is 1. The van der Waals surface area contributed by atoms with Crippen LogP contribution in [-0.2, 0) is 4.79 Å². The second kappa shape index (κ2) is 9.66. The minimum Gasteiger partial charge on any atom is -0.330 e. The molecular formula is C13H23NO. The van der Waals surface area contributed by atoms with Gasteiger partial charge in [0.2, 0.25) is 0 Å². The lowest BCUT2D eigenvalue weighted by Gasteiger charge is -2.01. The number of Topliss-reactive ketones (excluding diaryl/α,β-unsaturated/α-hetero) is 1. The third-order valence-electron chi connectivity index (χ3n) is 2.34.